The molecule has 0 aliphatic carbocycles. The Hall–Kier alpha value is -0.290. The lowest BCUT2D eigenvalue weighted by molar-refractivity contribution is 0.00140. The molecule has 1 unspecified atom stereocenters. The molecule has 0 spiro atoms. The minimum Gasteiger partial charge on any atom is -0.394 e. The van der Waals surface area contributed by atoms with Gasteiger partial charge in [-0.1, -0.05) is 71.1 Å². The van der Waals surface area contributed by atoms with E-state index in [1.54, 1.807) is 0 Å². The summed E-state index contributed by atoms with van der Waals surface area (Å²) in [5.41, 5.74) is 0. The number of rotatable bonds is 20. The minimum atomic E-state index is -4.48. The number of ether oxygens (including phenoxy) is 2. The molecule has 0 rings (SSSR count). The summed E-state index contributed by atoms with van der Waals surface area (Å²) in [6, 6.07) is 0. The normalized spacial score (nSPS) is 12.7. The van der Waals surface area contributed by atoms with E-state index in [4.69, 9.17) is 19.1 Å². The quantitative estimate of drug-likeness (QED) is 0.202. The smallest absolute Gasteiger partial charge is 0.394 e. The van der Waals surface area contributed by atoms with Crippen molar-refractivity contribution in [2.24, 2.45) is 0 Å². The summed E-state index contributed by atoms with van der Waals surface area (Å²) in [5, 5.41) is 8.58. The van der Waals surface area contributed by atoms with E-state index < -0.39 is 16.5 Å². The lowest BCUT2D eigenvalue weighted by atomic mass is 10.0. The largest absolute Gasteiger partial charge is 0.397 e. The van der Waals surface area contributed by atoms with Crippen LogP contribution >= 0.6 is 0 Å². The molecule has 0 aromatic carbocycles. The summed E-state index contributed by atoms with van der Waals surface area (Å²) < 4.78 is 45.8. The Kier molecular flexibility index (Phi) is 21.9. The van der Waals surface area contributed by atoms with Crippen molar-refractivity contribution in [1.29, 1.82) is 0 Å². The molecule has 0 aromatic rings. The molecule has 0 aromatic heterocycles. The van der Waals surface area contributed by atoms with Gasteiger partial charge in [-0.15, -0.1) is 0 Å². The van der Waals surface area contributed by atoms with Crippen LogP contribution in [0.3, 0.4) is 0 Å². The highest BCUT2D eigenvalue weighted by molar-refractivity contribution is 7.80. The molecule has 0 aliphatic rings. The lowest BCUT2D eigenvalue weighted by Gasteiger charge is -2.15. The first-order valence-electron chi connectivity index (χ1n) is 9.91. The molecule has 1 atom stereocenters. The van der Waals surface area contributed by atoms with Gasteiger partial charge < -0.3 is 20.7 Å². The molecule has 0 heterocycles. The van der Waals surface area contributed by atoms with Crippen LogP contribution in [-0.4, -0.2) is 57.2 Å². The highest BCUT2D eigenvalue weighted by Gasteiger charge is 2.17. The lowest BCUT2D eigenvalue weighted by Crippen LogP contribution is -2.24. The van der Waals surface area contributed by atoms with Crippen molar-refractivity contribution in [1.82, 2.24) is 6.15 Å². The van der Waals surface area contributed by atoms with Crippen molar-refractivity contribution in [3.63, 3.8) is 0 Å². The van der Waals surface area contributed by atoms with Crippen LogP contribution < -0.4 is 6.15 Å². The van der Waals surface area contributed by atoms with E-state index in [0.29, 0.717) is 13.0 Å². The standard InChI is InChI=1S/C18H38O7S.H3N/c1-2-3-4-5-6-7-8-9-10-11-12-18(25-26(20,21)22)17-24-16-15-23-14-13-19;/h18-19H,2-17H2,1H3,(H,20,21,22);1H3. The second-order valence-corrected chi connectivity index (χ2v) is 7.58. The van der Waals surface area contributed by atoms with Gasteiger partial charge >= 0.3 is 10.4 Å². The minimum absolute atomic E-state index is 0. The van der Waals surface area contributed by atoms with E-state index in [-0.39, 0.29) is 32.6 Å². The summed E-state index contributed by atoms with van der Waals surface area (Å²) >= 11 is 0. The maximum atomic E-state index is 10.9. The van der Waals surface area contributed by atoms with Gasteiger partial charge in [0.2, 0.25) is 0 Å². The maximum absolute atomic E-state index is 10.9. The van der Waals surface area contributed by atoms with Crippen molar-refractivity contribution in [3.8, 4) is 0 Å². The summed E-state index contributed by atoms with van der Waals surface area (Å²) in [4.78, 5) is 0. The zero-order chi connectivity index (χ0) is 19.5. The van der Waals surface area contributed by atoms with Gasteiger partial charge in [0.05, 0.1) is 33.0 Å². The number of aliphatic hydroxyl groups excluding tert-OH is 1. The third-order valence-electron chi connectivity index (χ3n) is 4.05. The van der Waals surface area contributed by atoms with Crippen LogP contribution in [0, 0.1) is 0 Å². The fourth-order valence-electron chi connectivity index (χ4n) is 2.69. The Morgan fingerprint density at radius 1 is 0.815 bits per heavy atom. The van der Waals surface area contributed by atoms with E-state index >= 15 is 0 Å². The van der Waals surface area contributed by atoms with Gasteiger partial charge in [-0.25, -0.2) is 4.18 Å². The zero-order valence-corrected chi connectivity index (χ0v) is 17.8. The third-order valence-corrected chi connectivity index (χ3v) is 4.56. The molecule has 0 saturated carbocycles. The SMILES string of the molecule is CCCCCCCCCCCCC(COCCOCCO)OS(=O)(=O)O.N. The number of hydrogen-bond donors (Lipinski definition) is 3. The van der Waals surface area contributed by atoms with E-state index in [9.17, 15) is 8.42 Å². The highest BCUT2D eigenvalue weighted by atomic mass is 32.3. The van der Waals surface area contributed by atoms with Gasteiger partial charge in [0.1, 0.15) is 6.10 Å². The first kappa shape index (κ1) is 28.9. The fraction of sp³-hybridized carbons (Fsp3) is 1.00. The van der Waals surface area contributed by atoms with Gasteiger partial charge in [0, 0.05) is 0 Å². The Morgan fingerprint density at radius 2 is 1.33 bits per heavy atom. The molecule has 166 valence electrons. The molecular formula is C18H41NO7S. The molecule has 5 N–H and O–H groups in total. The Morgan fingerprint density at radius 3 is 1.85 bits per heavy atom. The van der Waals surface area contributed by atoms with Crippen LogP contribution in [-0.2, 0) is 24.1 Å². The summed E-state index contributed by atoms with van der Waals surface area (Å²) in [6.45, 7) is 3.09. The van der Waals surface area contributed by atoms with E-state index in [2.05, 4.69) is 11.1 Å². The van der Waals surface area contributed by atoms with Gasteiger partial charge in [-0.2, -0.15) is 8.42 Å². The maximum Gasteiger partial charge on any atom is 0.397 e. The number of unbranched alkanes of at least 4 members (excludes halogenated alkanes) is 9. The van der Waals surface area contributed by atoms with Crippen molar-refractivity contribution >= 4 is 10.4 Å². The van der Waals surface area contributed by atoms with E-state index in [1.807, 2.05) is 0 Å². The van der Waals surface area contributed by atoms with Crippen LogP contribution in [0.4, 0.5) is 0 Å². The third kappa shape index (κ3) is 23.7. The van der Waals surface area contributed by atoms with Crippen molar-refractivity contribution in [3.05, 3.63) is 0 Å². The van der Waals surface area contributed by atoms with Crippen LogP contribution in [0.15, 0.2) is 0 Å². The van der Waals surface area contributed by atoms with Crippen LogP contribution in [0.25, 0.3) is 0 Å². The predicted octanol–water partition coefficient (Wildman–Crippen LogP) is 3.67. The Balaban J connectivity index is 0. The van der Waals surface area contributed by atoms with Crippen molar-refractivity contribution in [2.45, 2.75) is 83.7 Å². The molecule has 27 heavy (non-hydrogen) atoms. The topological polar surface area (TPSA) is 137 Å². The average molecular weight is 416 g/mol. The Bertz CT molecular complexity index is 393. The second-order valence-electron chi connectivity index (χ2n) is 6.53. The van der Waals surface area contributed by atoms with Gasteiger partial charge in [-0.3, -0.25) is 4.55 Å². The summed E-state index contributed by atoms with van der Waals surface area (Å²) in [6.07, 6.45) is 11.8. The molecule has 0 radical (unpaired) electrons. The van der Waals surface area contributed by atoms with E-state index in [1.165, 1.54) is 44.9 Å². The molecule has 0 fully saturated rings. The molecule has 8 nitrogen and oxygen atoms in total. The number of hydrogen-bond acceptors (Lipinski definition) is 7. The molecule has 0 bridgehead atoms. The van der Waals surface area contributed by atoms with Gasteiger partial charge in [0.25, 0.3) is 0 Å². The van der Waals surface area contributed by atoms with Crippen LogP contribution in [0.1, 0.15) is 77.6 Å². The van der Waals surface area contributed by atoms with Crippen molar-refractivity contribution in [2.75, 3.05) is 33.0 Å². The predicted molar refractivity (Wildman–Crippen MR) is 107 cm³/mol. The second kappa shape index (κ2) is 20.4. The first-order valence-corrected chi connectivity index (χ1v) is 11.3. The van der Waals surface area contributed by atoms with Crippen LogP contribution in [0.2, 0.25) is 0 Å². The average Bonchev–Trinajstić information content (AvgIpc) is 2.58. The summed E-state index contributed by atoms with van der Waals surface area (Å²) in [5.74, 6) is 0. The Labute approximate surface area is 165 Å². The zero-order valence-electron chi connectivity index (χ0n) is 16.9. The number of aliphatic hydroxyl groups is 1. The molecule has 9 heteroatoms. The first-order chi connectivity index (χ1) is 12.5. The van der Waals surface area contributed by atoms with E-state index in [0.717, 1.165) is 19.3 Å². The highest BCUT2D eigenvalue weighted by Crippen LogP contribution is 2.14. The van der Waals surface area contributed by atoms with Crippen LogP contribution in [0.5, 0.6) is 0 Å². The molecule has 0 saturated heterocycles. The molecular weight excluding hydrogens is 374 g/mol. The fourth-order valence-corrected chi connectivity index (χ4v) is 3.19. The summed E-state index contributed by atoms with van der Waals surface area (Å²) in [7, 11) is -4.48. The van der Waals surface area contributed by atoms with Crippen molar-refractivity contribution < 1.29 is 31.7 Å². The van der Waals surface area contributed by atoms with Gasteiger partial charge in [0.15, 0.2) is 0 Å². The molecule has 0 amide bonds. The molecule has 0 aliphatic heterocycles. The van der Waals surface area contributed by atoms with Gasteiger partial charge in [-0.05, 0) is 6.42 Å². The monoisotopic (exact) mass is 415 g/mol.